The van der Waals surface area contributed by atoms with Crippen molar-refractivity contribution in [2.45, 2.75) is 6.92 Å². The Kier molecular flexibility index (Phi) is 4.98. The predicted molar refractivity (Wildman–Crippen MR) is 39.1 cm³/mol. The third-order valence-corrected chi connectivity index (χ3v) is 0.902. The molecule has 0 aromatic rings. The first-order valence-corrected chi connectivity index (χ1v) is 3.22. The molecule has 4 heteroatoms. The van der Waals surface area contributed by atoms with Gasteiger partial charge in [0.1, 0.15) is 5.76 Å². The van der Waals surface area contributed by atoms with Crippen LogP contribution in [-0.4, -0.2) is 26.5 Å². The molecule has 11 heavy (non-hydrogen) atoms. The number of ether oxygens (including phenoxy) is 3. The van der Waals surface area contributed by atoms with Crippen molar-refractivity contribution in [3.05, 3.63) is 12.3 Å². The zero-order valence-corrected chi connectivity index (χ0v) is 6.75. The lowest BCUT2D eigenvalue weighted by Crippen LogP contribution is -2.09. The van der Waals surface area contributed by atoms with Crippen LogP contribution in [0.5, 0.6) is 0 Å². The highest BCUT2D eigenvalue weighted by Crippen LogP contribution is 1.93. The Morgan fingerprint density at radius 3 is 2.55 bits per heavy atom. The van der Waals surface area contributed by atoms with Crippen LogP contribution < -0.4 is 0 Å². The standard InChI is InChI=1S/C7H12O4/c1-4-10-7(8)11-5-6(2)9-3/h2,4-5H2,1,3H3. The van der Waals surface area contributed by atoms with E-state index in [9.17, 15) is 4.79 Å². The highest BCUT2D eigenvalue weighted by Gasteiger charge is 2.02. The van der Waals surface area contributed by atoms with Gasteiger partial charge in [0, 0.05) is 0 Å². The van der Waals surface area contributed by atoms with Gasteiger partial charge in [-0.1, -0.05) is 6.58 Å². The monoisotopic (exact) mass is 160 g/mol. The third-order valence-electron chi connectivity index (χ3n) is 0.902. The van der Waals surface area contributed by atoms with Crippen LogP contribution in [0.15, 0.2) is 12.3 Å². The largest absolute Gasteiger partial charge is 0.508 e. The van der Waals surface area contributed by atoms with Crippen molar-refractivity contribution in [1.29, 1.82) is 0 Å². The van der Waals surface area contributed by atoms with E-state index in [1.165, 1.54) is 7.11 Å². The van der Waals surface area contributed by atoms with E-state index in [0.717, 1.165) is 0 Å². The third kappa shape index (κ3) is 5.26. The molecule has 0 aliphatic rings. The molecule has 4 nitrogen and oxygen atoms in total. The van der Waals surface area contributed by atoms with Gasteiger partial charge in [0.05, 0.1) is 13.7 Å². The minimum absolute atomic E-state index is 0.0370. The van der Waals surface area contributed by atoms with E-state index in [-0.39, 0.29) is 6.61 Å². The second-order valence-corrected chi connectivity index (χ2v) is 1.71. The summed E-state index contributed by atoms with van der Waals surface area (Å²) in [4.78, 5) is 10.5. The average Bonchev–Trinajstić information content (AvgIpc) is 2.01. The number of hydrogen-bond acceptors (Lipinski definition) is 4. The fourth-order valence-electron chi connectivity index (χ4n) is 0.358. The van der Waals surface area contributed by atoms with E-state index in [4.69, 9.17) is 0 Å². The number of hydrogen-bond donors (Lipinski definition) is 0. The molecule has 0 aliphatic heterocycles. The normalized spacial score (nSPS) is 8.55. The van der Waals surface area contributed by atoms with Crippen LogP contribution in [-0.2, 0) is 14.2 Å². The predicted octanol–water partition coefficient (Wildman–Crippen LogP) is 1.32. The van der Waals surface area contributed by atoms with Gasteiger partial charge in [-0.05, 0) is 6.92 Å². The van der Waals surface area contributed by atoms with Crippen LogP contribution >= 0.6 is 0 Å². The Morgan fingerprint density at radius 2 is 2.09 bits per heavy atom. The Labute approximate surface area is 65.7 Å². The summed E-state index contributed by atoms with van der Waals surface area (Å²) in [6.07, 6.45) is -0.703. The lowest BCUT2D eigenvalue weighted by atomic mass is 10.6. The van der Waals surface area contributed by atoms with Gasteiger partial charge in [0.15, 0.2) is 6.61 Å². The summed E-state index contributed by atoms with van der Waals surface area (Å²) < 4.78 is 13.7. The molecule has 0 aromatic heterocycles. The van der Waals surface area contributed by atoms with Gasteiger partial charge in [-0.2, -0.15) is 0 Å². The Bertz CT molecular complexity index is 141. The summed E-state index contributed by atoms with van der Waals surface area (Å²) in [5.74, 6) is 0.387. The van der Waals surface area contributed by atoms with Crippen molar-refractivity contribution in [1.82, 2.24) is 0 Å². The Hall–Kier alpha value is -1.19. The molecule has 0 rings (SSSR count). The molecule has 0 aliphatic carbocycles. The minimum Gasteiger partial charge on any atom is -0.498 e. The van der Waals surface area contributed by atoms with Gasteiger partial charge in [0.25, 0.3) is 0 Å². The van der Waals surface area contributed by atoms with E-state index >= 15 is 0 Å². The van der Waals surface area contributed by atoms with Gasteiger partial charge in [-0.25, -0.2) is 4.79 Å². The minimum atomic E-state index is -0.703. The summed E-state index contributed by atoms with van der Waals surface area (Å²) in [7, 11) is 1.46. The highest BCUT2D eigenvalue weighted by atomic mass is 16.7. The van der Waals surface area contributed by atoms with E-state index in [2.05, 4.69) is 20.8 Å². The van der Waals surface area contributed by atoms with Crippen LogP contribution in [0.3, 0.4) is 0 Å². The van der Waals surface area contributed by atoms with E-state index in [1.54, 1.807) is 6.92 Å². The van der Waals surface area contributed by atoms with Gasteiger partial charge in [-0.3, -0.25) is 0 Å². The summed E-state index contributed by atoms with van der Waals surface area (Å²) in [5, 5.41) is 0. The first-order valence-electron chi connectivity index (χ1n) is 3.22. The molecule has 0 atom stereocenters. The fraction of sp³-hybridized carbons (Fsp3) is 0.571. The van der Waals surface area contributed by atoms with E-state index in [0.29, 0.717) is 12.4 Å². The molecule has 0 unspecified atom stereocenters. The van der Waals surface area contributed by atoms with E-state index < -0.39 is 6.16 Å². The lowest BCUT2D eigenvalue weighted by molar-refractivity contribution is 0.0557. The van der Waals surface area contributed by atoms with Gasteiger partial charge >= 0.3 is 6.16 Å². The van der Waals surface area contributed by atoms with E-state index in [1.807, 2.05) is 0 Å². The fourth-order valence-corrected chi connectivity index (χ4v) is 0.358. The Balaban J connectivity index is 3.38. The summed E-state index contributed by atoms with van der Waals surface area (Å²) in [5.41, 5.74) is 0. The van der Waals surface area contributed by atoms with Crippen molar-refractivity contribution >= 4 is 6.16 Å². The molecule has 0 saturated heterocycles. The number of carbonyl (C=O) groups excluding carboxylic acids is 1. The van der Waals surface area contributed by atoms with Gasteiger partial charge in [-0.15, -0.1) is 0 Å². The maximum Gasteiger partial charge on any atom is 0.508 e. The zero-order valence-electron chi connectivity index (χ0n) is 6.75. The molecule has 0 spiro atoms. The maximum atomic E-state index is 10.5. The first-order chi connectivity index (χ1) is 5.20. The number of carbonyl (C=O) groups is 1. The zero-order chi connectivity index (χ0) is 8.69. The average molecular weight is 160 g/mol. The summed E-state index contributed by atoms with van der Waals surface area (Å²) in [6.45, 7) is 5.49. The molecule has 0 bridgehead atoms. The molecule has 0 heterocycles. The molecule has 0 saturated carbocycles. The molecule has 0 radical (unpaired) electrons. The molecule has 0 fully saturated rings. The van der Waals surface area contributed by atoms with Gasteiger partial charge < -0.3 is 14.2 Å². The maximum absolute atomic E-state index is 10.5. The van der Waals surface area contributed by atoms with Crippen LogP contribution in [0.2, 0.25) is 0 Å². The Morgan fingerprint density at radius 1 is 1.45 bits per heavy atom. The second-order valence-electron chi connectivity index (χ2n) is 1.71. The molecule has 64 valence electrons. The molecule has 0 aromatic carbocycles. The van der Waals surface area contributed by atoms with Crippen molar-refractivity contribution in [2.75, 3.05) is 20.3 Å². The second kappa shape index (κ2) is 5.58. The topological polar surface area (TPSA) is 44.8 Å². The van der Waals surface area contributed by atoms with Crippen LogP contribution in [0.4, 0.5) is 4.79 Å². The first kappa shape index (κ1) is 9.81. The van der Waals surface area contributed by atoms with Crippen molar-refractivity contribution in [2.24, 2.45) is 0 Å². The molecule has 0 N–H and O–H groups in total. The summed E-state index contributed by atoms with van der Waals surface area (Å²) in [6, 6.07) is 0. The quantitative estimate of drug-likeness (QED) is 0.459. The molecule has 0 amide bonds. The van der Waals surface area contributed by atoms with Crippen LogP contribution in [0.25, 0.3) is 0 Å². The highest BCUT2D eigenvalue weighted by molar-refractivity contribution is 5.59. The van der Waals surface area contributed by atoms with Crippen molar-refractivity contribution < 1.29 is 19.0 Å². The lowest BCUT2D eigenvalue weighted by Gasteiger charge is -2.04. The summed E-state index contributed by atoms with van der Waals surface area (Å²) >= 11 is 0. The van der Waals surface area contributed by atoms with Crippen LogP contribution in [0, 0.1) is 0 Å². The SMILES string of the molecule is C=C(COC(=O)OCC)OC. The van der Waals surface area contributed by atoms with Crippen molar-refractivity contribution in [3.8, 4) is 0 Å². The van der Waals surface area contributed by atoms with Crippen molar-refractivity contribution in [3.63, 3.8) is 0 Å². The number of rotatable bonds is 4. The van der Waals surface area contributed by atoms with Gasteiger partial charge in [0.2, 0.25) is 0 Å². The smallest absolute Gasteiger partial charge is 0.498 e. The molecular weight excluding hydrogens is 148 g/mol. The molecular formula is C7H12O4. The van der Waals surface area contributed by atoms with Crippen LogP contribution in [0.1, 0.15) is 6.92 Å². The number of methoxy groups -OCH3 is 1.